The first kappa shape index (κ1) is 18.7. The number of ether oxygens (including phenoxy) is 1. The van der Waals surface area contributed by atoms with Gasteiger partial charge in [0.25, 0.3) is 0 Å². The molecule has 0 aromatic heterocycles. The molecule has 2 aromatic rings. The lowest BCUT2D eigenvalue weighted by molar-refractivity contribution is 0.340. The molecular formula is C23H24ClFO. The van der Waals surface area contributed by atoms with Crippen LogP contribution in [0.2, 0.25) is 5.02 Å². The van der Waals surface area contributed by atoms with E-state index in [4.69, 9.17) is 16.3 Å². The second kappa shape index (κ2) is 8.55. The third-order valence-corrected chi connectivity index (χ3v) is 5.19. The SMILES string of the molecule is C/C=C/C1CC=C(c2ccc(-c3ccc(OCC)cc3)c(F)c2Cl)CC1. The number of benzene rings is 2. The molecule has 0 N–H and O–H groups in total. The van der Waals surface area contributed by atoms with Crippen molar-refractivity contribution < 1.29 is 9.13 Å². The molecule has 1 atom stereocenters. The number of hydrogen-bond donors (Lipinski definition) is 0. The Morgan fingerprint density at radius 1 is 1.15 bits per heavy atom. The van der Waals surface area contributed by atoms with Gasteiger partial charge < -0.3 is 4.74 Å². The molecule has 0 amide bonds. The van der Waals surface area contributed by atoms with Crippen molar-refractivity contribution in [3.8, 4) is 16.9 Å². The minimum atomic E-state index is -0.357. The summed E-state index contributed by atoms with van der Waals surface area (Å²) < 4.78 is 20.4. The van der Waals surface area contributed by atoms with Crippen LogP contribution in [0.5, 0.6) is 5.75 Å². The first-order chi connectivity index (χ1) is 12.6. The van der Waals surface area contributed by atoms with E-state index in [2.05, 4.69) is 18.2 Å². The minimum absolute atomic E-state index is 0.215. The smallest absolute Gasteiger partial charge is 0.150 e. The highest BCUT2D eigenvalue weighted by atomic mass is 35.5. The van der Waals surface area contributed by atoms with E-state index in [0.29, 0.717) is 18.1 Å². The van der Waals surface area contributed by atoms with Crippen molar-refractivity contribution in [2.75, 3.05) is 6.61 Å². The fourth-order valence-corrected chi connectivity index (χ4v) is 3.75. The summed E-state index contributed by atoms with van der Waals surface area (Å²) in [6.45, 7) is 4.59. The van der Waals surface area contributed by atoms with E-state index in [0.717, 1.165) is 41.7 Å². The van der Waals surface area contributed by atoms with Crippen LogP contribution in [-0.4, -0.2) is 6.61 Å². The first-order valence-electron chi connectivity index (χ1n) is 9.17. The number of hydrogen-bond acceptors (Lipinski definition) is 1. The third-order valence-electron chi connectivity index (χ3n) is 4.82. The highest BCUT2D eigenvalue weighted by molar-refractivity contribution is 6.32. The van der Waals surface area contributed by atoms with Crippen molar-refractivity contribution >= 4 is 17.2 Å². The molecular weight excluding hydrogens is 347 g/mol. The molecule has 1 unspecified atom stereocenters. The van der Waals surface area contributed by atoms with Gasteiger partial charge in [-0.05, 0) is 67.9 Å². The predicted molar refractivity (Wildman–Crippen MR) is 108 cm³/mol. The van der Waals surface area contributed by atoms with E-state index in [9.17, 15) is 4.39 Å². The molecule has 0 spiro atoms. The van der Waals surface area contributed by atoms with E-state index in [1.54, 1.807) is 0 Å². The zero-order valence-electron chi connectivity index (χ0n) is 15.3. The van der Waals surface area contributed by atoms with E-state index < -0.39 is 0 Å². The van der Waals surface area contributed by atoms with Gasteiger partial charge in [-0.25, -0.2) is 4.39 Å². The van der Waals surface area contributed by atoms with Gasteiger partial charge in [-0.15, -0.1) is 0 Å². The Labute approximate surface area is 160 Å². The monoisotopic (exact) mass is 370 g/mol. The Balaban J connectivity index is 1.87. The maximum Gasteiger partial charge on any atom is 0.150 e. The molecule has 0 saturated carbocycles. The Kier molecular flexibility index (Phi) is 6.16. The van der Waals surface area contributed by atoms with Gasteiger partial charge in [-0.2, -0.15) is 0 Å². The molecule has 26 heavy (non-hydrogen) atoms. The van der Waals surface area contributed by atoms with Gasteiger partial charge in [-0.1, -0.05) is 54.1 Å². The van der Waals surface area contributed by atoms with Crippen LogP contribution in [0.1, 0.15) is 38.7 Å². The summed E-state index contributed by atoms with van der Waals surface area (Å²) in [7, 11) is 0. The molecule has 2 aromatic carbocycles. The Hall–Kier alpha value is -2.06. The molecule has 1 aliphatic carbocycles. The molecule has 0 fully saturated rings. The number of rotatable bonds is 5. The minimum Gasteiger partial charge on any atom is -0.494 e. The average Bonchev–Trinajstić information content (AvgIpc) is 2.66. The maximum atomic E-state index is 14.9. The van der Waals surface area contributed by atoms with E-state index in [1.807, 2.05) is 50.2 Å². The van der Waals surface area contributed by atoms with Crippen LogP contribution in [-0.2, 0) is 0 Å². The Morgan fingerprint density at radius 3 is 2.50 bits per heavy atom. The second-order valence-electron chi connectivity index (χ2n) is 6.54. The molecule has 3 rings (SSSR count). The van der Waals surface area contributed by atoms with Crippen LogP contribution in [0.4, 0.5) is 4.39 Å². The molecule has 0 radical (unpaired) electrons. The van der Waals surface area contributed by atoms with E-state index in [-0.39, 0.29) is 10.8 Å². The summed E-state index contributed by atoms with van der Waals surface area (Å²) in [5, 5.41) is 0.215. The van der Waals surface area contributed by atoms with Crippen molar-refractivity contribution in [1.29, 1.82) is 0 Å². The summed E-state index contributed by atoms with van der Waals surface area (Å²) in [5.41, 5.74) is 3.28. The van der Waals surface area contributed by atoms with Crippen LogP contribution < -0.4 is 4.74 Å². The molecule has 1 aliphatic rings. The fraction of sp³-hybridized carbons (Fsp3) is 0.304. The normalized spacial score (nSPS) is 17.4. The molecule has 3 heteroatoms. The van der Waals surface area contributed by atoms with Gasteiger partial charge in [0.15, 0.2) is 0 Å². The van der Waals surface area contributed by atoms with Crippen molar-refractivity contribution in [2.45, 2.75) is 33.1 Å². The molecule has 0 saturated heterocycles. The standard InChI is InChI=1S/C23H24ClFO/c1-3-5-16-6-8-17(9-7-16)20-14-15-21(23(25)22(20)24)18-10-12-19(13-11-18)26-4-2/h3,5,8,10-16H,4,6-7,9H2,1-2H3/b5-3+. The lowest BCUT2D eigenvalue weighted by Crippen LogP contribution is -2.03. The largest absolute Gasteiger partial charge is 0.494 e. The zero-order valence-corrected chi connectivity index (χ0v) is 16.0. The highest BCUT2D eigenvalue weighted by Gasteiger charge is 2.19. The summed E-state index contributed by atoms with van der Waals surface area (Å²) in [4.78, 5) is 0. The lowest BCUT2D eigenvalue weighted by atomic mass is 9.86. The van der Waals surface area contributed by atoms with E-state index in [1.165, 1.54) is 0 Å². The van der Waals surface area contributed by atoms with E-state index >= 15 is 0 Å². The number of allylic oxidation sites excluding steroid dienone is 4. The van der Waals surface area contributed by atoms with Crippen LogP contribution >= 0.6 is 11.6 Å². The topological polar surface area (TPSA) is 9.23 Å². The summed E-state index contributed by atoms with van der Waals surface area (Å²) in [6, 6.07) is 11.2. The average molecular weight is 371 g/mol. The van der Waals surface area contributed by atoms with Gasteiger partial charge in [0, 0.05) is 5.56 Å². The van der Waals surface area contributed by atoms with Crippen molar-refractivity contribution in [2.24, 2.45) is 5.92 Å². The number of halogens is 2. The highest BCUT2D eigenvalue weighted by Crippen LogP contribution is 2.38. The zero-order chi connectivity index (χ0) is 18.5. The van der Waals surface area contributed by atoms with Gasteiger partial charge in [0.1, 0.15) is 11.6 Å². The maximum absolute atomic E-state index is 14.9. The Morgan fingerprint density at radius 2 is 1.88 bits per heavy atom. The molecule has 0 bridgehead atoms. The lowest BCUT2D eigenvalue weighted by Gasteiger charge is -2.20. The first-order valence-corrected chi connectivity index (χ1v) is 9.55. The van der Waals surface area contributed by atoms with Crippen LogP contribution in [0, 0.1) is 11.7 Å². The molecule has 136 valence electrons. The second-order valence-corrected chi connectivity index (χ2v) is 6.91. The Bertz CT molecular complexity index is 821. The van der Waals surface area contributed by atoms with Crippen molar-refractivity contribution in [3.05, 3.63) is 71.0 Å². The van der Waals surface area contributed by atoms with Gasteiger partial charge in [0.05, 0.1) is 11.6 Å². The predicted octanol–water partition coefficient (Wildman–Crippen LogP) is 7.30. The van der Waals surface area contributed by atoms with Crippen molar-refractivity contribution in [3.63, 3.8) is 0 Å². The third kappa shape index (κ3) is 4.02. The fourth-order valence-electron chi connectivity index (χ4n) is 3.46. The van der Waals surface area contributed by atoms with Crippen LogP contribution in [0.3, 0.4) is 0 Å². The summed E-state index contributed by atoms with van der Waals surface area (Å²) in [6.07, 6.45) is 9.53. The van der Waals surface area contributed by atoms with Crippen LogP contribution in [0.25, 0.3) is 16.7 Å². The van der Waals surface area contributed by atoms with Crippen molar-refractivity contribution in [1.82, 2.24) is 0 Å². The van der Waals surface area contributed by atoms with Crippen LogP contribution in [0.15, 0.2) is 54.6 Å². The summed E-state index contributed by atoms with van der Waals surface area (Å²) >= 11 is 6.41. The molecule has 0 heterocycles. The molecule has 0 aliphatic heterocycles. The van der Waals surface area contributed by atoms with Gasteiger partial charge in [-0.3, -0.25) is 0 Å². The molecule has 1 nitrogen and oxygen atoms in total. The quantitative estimate of drug-likeness (QED) is 0.501. The summed E-state index contributed by atoms with van der Waals surface area (Å²) in [5.74, 6) is 1.00. The van der Waals surface area contributed by atoms with Gasteiger partial charge >= 0.3 is 0 Å². The van der Waals surface area contributed by atoms with Gasteiger partial charge in [0.2, 0.25) is 0 Å².